The molecule has 0 bridgehead atoms. The highest BCUT2D eigenvalue weighted by Crippen LogP contribution is 2.16. The fourth-order valence-electron chi connectivity index (χ4n) is 2.65. The number of unbranched alkanes of at least 4 members (excludes halogenated alkanes) is 1. The Kier molecular flexibility index (Phi) is 6.44. The summed E-state index contributed by atoms with van der Waals surface area (Å²) >= 11 is 0. The number of anilines is 1. The first-order valence-electron chi connectivity index (χ1n) is 8.96. The molecule has 0 spiro atoms. The van der Waals surface area contributed by atoms with Crippen molar-refractivity contribution >= 4 is 21.6 Å². The van der Waals surface area contributed by atoms with Crippen molar-refractivity contribution in [3.63, 3.8) is 0 Å². The van der Waals surface area contributed by atoms with Gasteiger partial charge in [0.15, 0.2) is 0 Å². The quantitative estimate of drug-likeness (QED) is 0.542. The number of hydrogen-bond acceptors (Lipinski definition) is 4. The van der Waals surface area contributed by atoms with Gasteiger partial charge in [0, 0.05) is 36.7 Å². The zero-order chi connectivity index (χ0) is 19.8. The van der Waals surface area contributed by atoms with E-state index in [2.05, 4.69) is 15.0 Å². The van der Waals surface area contributed by atoms with Crippen molar-refractivity contribution < 1.29 is 13.2 Å². The number of aryl methyl sites for hydroxylation is 1. The second-order valence-electron chi connectivity index (χ2n) is 6.26. The van der Waals surface area contributed by atoms with Crippen molar-refractivity contribution in [2.45, 2.75) is 24.3 Å². The molecule has 3 aromatic rings. The highest BCUT2D eigenvalue weighted by Gasteiger charge is 2.15. The Morgan fingerprint density at radius 1 is 1.00 bits per heavy atom. The van der Waals surface area contributed by atoms with E-state index in [1.54, 1.807) is 36.8 Å². The summed E-state index contributed by atoms with van der Waals surface area (Å²) in [5.41, 5.74) is 0.910. The van der Waals surface area contributed by atoms with Gasteiger partial charge in [-0.2, -0.15) is 0 Å². The van der Waals surface area contributed by atoms with Crippen molar-refractivity contribution in [1.29, 1.82) is 0 Å². The lowest BCUT2D eigenvalue weighted by molar-refractivity contribution is 0.0952. The Morgan fingerprint density at radius 2 is 1.75 bits per heavy atom. The Hall–Kier alpha value is -3.13. The molecule has 1 heterocycles. The number of nitrogens with one attached hydrogen (secondary N) is 2. The van der Waals surface area contributed by atoms with Gasteiger partial charge in [-0.25, -0.2) is 13.4 Å². The number of sulfonamides is 1. The van der Waals surface area contributed by atoms with Crippen LogP contribution in [0.5, 0.6) is 0 Å². The molecule has 0 aliphatic rings. The first-order chi connectivity index (χ1) is 13.5. The summed E-state index contributed by atoms with van der Waals surface area (Å²) in [7, 11) is -3.69. The van der Waals surface area contributed by atoms with Gasteiger partial charge in [0.2, 0.25) is 0 Å². The van der Waals surface area contributed by atoms with Crippen LogP contribution < -0.4 is 10.0 Å². The molecule has 1 amide bonds. The normalized spacial score (nSPS) is 11.1. The van der Waals surface area contributed by atoms with Gasteiger partial charge >= 0.3 is 0 Å². The molecule has 0 unspecified atom stereocenters. The minimum absolute atomic E-state index is 0.105. The van der Waals surface area contributed by atoms with E-state index in [1.807, 2.05) is 16.8 Å². The number of benzene rings is 2. The van der Waals surface area contributed by atoms with Gasteiger partial charge in [-0.05, 0) is 49.2 Å². The highest BCUT2D eigenvalue weighted by molar-refractivity contribution is 7.92. The molecule has 1 aromatic heterocycles. The lowest BCUT2D eigenvalue weighted by Crippen LogP contribution is -2.24. The summed E-state index contributed by atoms with van der Waals surface area (Å²) in [6.07, 6.45) is 7.18. The molecule has 0 fully saturated rings. The predicted octanol–water partition coefficient (Wildman–Crippen LogP) is 2.89. The predicted molar refractivity (Wildman–Crippen MR) is 107 cm³/mol. The van der Waals surface area contributed by atoms with Crippen LogP contribution in [0.4, 0.5) is 5.69 Å². The van der Waals surface area contributed by atoms with Crippen molar-refractivity contribution in [2.75, 3.05) is 11.3 Å². The van der Waals surface area contributed by atoms with E-state index in [0.29, 0.717) is 17.8 Å². The van der Waals surface area contributed by atoms with Crippen LogP contribution in [0.15, 0.2) is 78.2 Å². The number of nitrogens with zero attached hydrogens (tertiary/aromatic N) is 2. The molecule has 0 aliphatic heterocycles. The molecule has 0 radical (unpaired) electrons. The Labute approximate surface area is 164 Å². The maximum Gasteiger partial charge on any atom is 0.261 e. The lowest BCUT2D eigenvalue weighted by Gasteiger charge is -2.09. The summed E-state index contributed by atoms with van der Waals surface area (Å²) < 4.78 is 29.3. The molecule has 0 aliphatic carbocycles. The Balaban J connectivity index is 1.49. The zero-order valence-electron chi connectivity index (χ0n) is 15.3. The minimum Gasteiger partial charge on any atom is -0.352 e. The average molecular weight is 398 g/mol. The molecule has 3 rings (SSSR count). The SMILES string of the molecule is O=C(NCCCCn1ccnc1)c1ccc(S(=O)(=O)Nc2ccccc2)cc1. The van der Waals surface area contributed by atoms with E-state index >= 15 is 0 Å². The number of rotatable bonds is 9. The molecule has 146 valence electrons. The van der Waals surface area contributed by atoms with Crippen LogP contribution in [0, 0.1) is 0 Å². The second-order valence-corrected chi connectivity index (χ2v) is 7.94. The van der Waals surface area contributed by atoms with Crippen LogP contribution in [0.25, 0.3) is 0 Å². The minimum atomic E-state index is -3.69. The van der Waals surface area contributed by atoms with Gasteiger partial charge in [-0.1, -0.05) is 18.2 Å². The highest BCUT2D eigenvalue weighted by atomic mass is 32.2. The average Bonchev–Trinajstić information content (AvgIpc) is 3.22. The number of para-hydroxylation sites is 1. The molecular weight excluding hydrogens is 376 g/mol. The monoisotopic (exact) mass is 398 g/mol. The van der Waals surface area contributed by atoms with Gasteiger partial charge in [0.25, 0.3) is 15.9 Å². The number of amides is 1. The van der Waals surface area contributed by atoms with Crippen molar-refractivity contribution in [3.05, 3.63) is 78.9 Å². The number of imidazole rings is 1. The van der Waals surface area contributed by atoms with E-state index in [1.165, 1.54) is 24.3 Å². The van der Waals surface area contributed by atoms with Crippen molar-refractivity contribution in [3.8, 4) is 0 Å². The lowest BCUT2D eigenvalue weighted by atomic mass is 10.2. The molecule has 8 heteroatoms. The Bertz CT molecular complexity index is 986. The van der Waals surface area contributed by atoms with E-state index in [0.717, 1.165) is 19.4 Å². The number of carbonyl (C=O) groups is 1. The molecule has 0 saturated carbocycles. The molecule has 7 nitrogen and oxygen atoms in total. The summed E-state index contributed by atoms with van der Waals surface area (Å²) in [5.74, 6) is -0.220. The molecule has 2 N–H and O–H groups in total. The molecule has 2 aromatic carbocycles. The maximum atomic E-state index is 12.4. The smallest absolute Gasteiger partial charge is 0.261 e. The van der Waals surface area contributed by atoms with Gasteiger partial charge in [0.05, 0.1) is 11.2 Å². The van der Waals surface area contributed by atoms with E-state index < -0.39 is 10.0 Å². The van der Waals surface area contributed by atoms with Gasteiger partial charge in [-0.3, -0.25) is 9.52 Å². The third-order valence-corrected chi connectivity index (χ3v) is 5.54. The maximum absolute atomic E-state index is 12.4. The largest absolute Gasteiger partial charge is 0.352 e. The molecule has 0 atom stereocenters. The van der Waals surface area contributed by atoms with Gasteiger partial charge < -0.3 is 9.88 Å². The molecular formula is C20H22N4O3S. The third-order valence-electron chi connectivity index (χ3n) is 4.14. The summed E-state index contributed by atoms with van der Waals surface area (Å²) in [6.45, 7) is 1.42. The van der Waals surface area contributed by atoms with Crippen LogP contribution in [0.2, 0.25) is 0 Å². The summed E-state index contributed by atoms with van der Waals surface area (Å²) in [6, 6.07) is 14.5. The van der Waals surface area contributed by atoms with Crippen LogP contribution in [0.3, 0.4) is 0 Å². The van der Waals surface area contributed by atoms with Crippen molar-refractivity contribution in [1.82, 2.24) is 14.9 Å². The van der Waals surface area contributed by atoms with Crippen LogP contribution in [-0.2, 0) is 16.6 Å². The van der Waals surface area contributed by atoms with Crippen molar-refractivity contribution in [2.24, 2.45) is 0 Å². The zero-order valence-corrected chi connectivity index (χ0v) is 16.1. The fourth-order valence-corrected chi connectivity index (χ4v) is 3.71. The first kappa shape index (κ1) is 19.6. The van der Waals surface area contributed by atoms with Crippen LogP contribution >= 0.6 is 0 Å². The van der Waals surface area contributed by atoms with Gasteiger partial charge in [-0.15, -0.1) is 0 Å². The van der Waals surface area contributed by atoms with E-state index in [9.17, 15) is 13.2 Å². The number of hydrogen-bond donors (Lipinski definition) is 2. The second kappa shape index (κ2) is 9.18. The first-order valence-corrected chi connectivity index (χ1v) is 10.4. The molecule has 0 saturated heterocycles. The number of aromatic nitrogens is 2. The summed E-state index contributed by atoms with van der Waals surface area (Å²) in [5, 5.41) is 2.85. The molecule has 28 heavy (non-hydrogen) atoms. The standard InChI is InChI=1S/C20H22N4O3S/c25-20(22-12-4-5-14-24-15-13-21-16-24)17-8-10-19(11-9-17)28(26,27)23-18-6-2-1-3-7-18/h1-3,6-11,13,15-16,23H,4-5,12,14H2,(H,22,25). The fraction of sp³-hybridized carbons (Fsp3) is 0.200. The van der Waals surface area contributed by atoms with Crippen LogP contribution in [-0.4, -0.2) is 30.4 Å². The third kappa shape index (κ3) is 5.43. The topological polar surface area (TPSA) is 93.1 Å². The Morgan fingerprint density at radius 3 is 2.43 bits per heavy atom. The van der Waals surface area contributed by atoms with E-state index in [4.69, 9.17) is 0 Å². The summed E-state index contributed by atoms with van der Waals surface area (Å²) in [4.78, 5) is 16.3. The van der Waals surface area contributed by atoms with Crippen LogP contribution in [0.1, 0.15) is 23.2 Å². The number of carbonyl (C=O) groups excluding carboxylic acids is 1. The van der Waals surface area contributed by atoms with E-state index in [-0.39, 0.29) is 10.8 Å². The van der Waals surface area contributed by atoms with Gasteiger partial charge in [0.1, 0.15) is 0 Å².